The third-order valence-corrected chi connectivity index (χ3v) is 10.5. The fourth-order valence-corrected chi connectivity index (χ4v) is 7.97. The number of benzene rings is 5. The molecule has 5 aromatic carbocycles. The van der Waals surface area contributed by atoms with E-state index in [1.165, 1.54) is 71.6 Å². The summed E-state index contributed by atoms with van der Waals surface area (Å²) in [6, 6.07) is 40.0. The summed E-state index contributed by atoms with van der Waals surface area (Å²) in [5, 5.41) is 5.06. The Hall–Kier alpha value is -5.93. The van der Waals surface area contributed by atoms with Crippen molar-refractivity contribution in [3.63, 3.8) is 0 Å². The van der Waals surface area contributed by atoms with Crippen LogP contribution in [0.5, 0.6) is 0 Å². The highest BCUT2D eigenvalue weighted by Gasteiger charge is 2.22. The predicted octanol–water partition coefficient (Wildman–Crippen LogP) is 12.8. The van der Waals surface area contributed by atoms with Gasteiger partial charge >= 0.3 is 0 Å². The van der Waals surface area contributed by atoms with E-state index in [1.54, 1.807) is 0 Å². The maximum absolute atomic E-state index is 4.90. The maximum Gasteiger partial charge on any atom is 0.0633 e. The molecule has 0 atom stereocenters. The monoisotopic (exact) mass is 645 g/mol. The van der Waals surface area contributed by atoms with E-state index >= 15 is 0 Å². The number of aliphatic imine (C=N–C) groups is 1. The van der Waals surface area contributed by atoms with E-state index in [-0.39, 0.29) is 0 Å². The number of para-hydroxylation sites is 4. The van der Waals surface area contributed by atoms with Crippen LogP contribution in [0, 0.1) is 0 Å². The van der Waals surface area contributed by atoms with Crippen molar-refractivity contribution < 1.29 is 0 Å². The highest BCUT2D eigenvalue weighted by atomic mass is 15.0. The number of hydrogen-bond acceptors (Lipinski definition) is 1. The molecule has 242 valence electrons. The lowest BCUT2D eigenvalue weighted by molar-refractivity contribution is 0.927. The number of fused-ring (bicyclic) bond motifs is 6. The van der Waals surface area contributed by atoms with Crippen LogP contribution in [0.2, 0.25) is 0 Å². The molecule has 2 aliphatic rings. The van der Waals surface area contributed by atoms with Crippen LogP contribution in [0.15, 0.2) is 162 Å². The molecule has 2 aliphatic carbocycles. The second-order valence-corrected chi connectivity index (χ2v) is 13.6. The van der Waals surface area contributed by atoms with Crippen LogP contribution < -0.4 is 0 Å². The van der Waals surface area contributed by atoms with E-state index in [1.807, 2.05) is 0 Å². The van der Waals surface area contributed by atoms with Crippen LogP contribution in [0.1, 0.15) is 45.1 Å². The molecule has 0 saturated carbocycles. The summed E-state index contributed by atoms with van der Waals surface area (Å²) in [4.78, 5) is 4.90. The normalized spacial score (nSPS) is 15.2. The topological polar surface area (TPSA) is 22.2 Å². The van der Waals surface area contributed by atoms with Gasteiger partial charge in [0.2, 0.25) is 0 Å². The van der Waals surface area contributed by atoms with Gasteiger partial charge < -0.3 is 9.13 Å². The van der Waals surface area contributed by atoms with E-state index in [0.717, 1.165) is 48.3 Å². The summed E-state index contributed by atoms with van der Waals surface area (Å²) in [5.74, 6) is 0. The van der Waals surface area contributed by atoms with Crippen LogP contribution in [0.3, 0.4) is 0 Å². The predicted molar refractivity (Wildman–Crippen MR) is 215 cm³/mol. The minimum atomic E-state index is 0.776. The number of hydrogen-bond donors (Lipinski definition) is 0. The van der Waals surface area contributed by atoms with Gasteiger partial charge in [-0.3, -0.25) is 4.99 Å². The Labute approximate surface area is 293 Å². The van der Waals surface area contributed by atoms with E-state index < -0.39 is 0 Å². The molecule has 0 fully saturated rings. The average molecular weight is 646 g/mol. The minimum Gasteiger partial charge on any atom is -0.312 e. The first kappa shape index (κ1) is 30.2. The Bertz CT molecular complexity index is 2660. The third kappa shape index (κ3) is 4.92. The molecular formula is C47H39N3. The van der Waals surface area contributed by atoms with Crippen molar-refractivity contribution in [3.8, 4) is 16.8 Å². The second-order valence-electron chi connectivity index (χ2n) is 13.6. The zero-order valence-electron chi connectivity index (χ0n) is 28.7. The SMILES string of the molecule is C=C(N=C(C)C1=CCCC=C1)c1ccc(-n2c3ccccc3c3cccc(-c4cccc5c6ccccc6n(C6=CC=C(C)CC6)c45)c32)cc1. The third-order valence-electron chi connectivity index (χ3n) is 10.5. The summed E-state index contributed by atoms with van der Waals surface area (Å²) in [6.45, 7) is 8.65. The van der Waals surface area contributed by atoms with E-state index in [2.05, 4.69) is 169 Å². The number of allylic oxidation sites excluding steroid dienone is 8. The lowest BCUT2D eigenvalue weighted by Gasteiger charge is -2.18. The first-order valence-electron chi connectivity index (χ1n) is 17.7. The van der Waals surface area contributed by atoms with Crippen LogP contribution in [0.25, 0.3) is 71.8 Å². The second kappa shape index (κ2) is 12.2. The van der Waals surface area contributed by atoms with Crippen LogP contribution in [-0.4, -0.2) is 14.8 Å². The van der Waals surface area contributed by atoms with Crippen molar-refractivity contribution in [3.05, 3.63) is 163 Å². The number of nitrogens with zero attached hydrogens (tertiary/aromatic N) is 3. The van der Waals surface area contributed by atoms with Gasteiger partial charge in [0.15, 0.2) is 0 Å². The van der Waals surface area contributed by atoms with Gasteiger partial charge in [0, 0.05) is 49.8 Å². The fourth-order valence-electron chi connectivity index (χ4n) is 7.97. The zero-order valence-corrected chi connectivity index (χ0v) is 28.7. The average Bonchev–Trinajstić information content (AvgIpc) is 3.69. The molecule has 0 spiro atoms. The Morgan fingerprint density at radius 2 is 1.26 bits per heavy atom. The van der Waals surface area contributed by atoms with Crippen molar-refractivity contribution >= 4 is 60.7 Å². The zero-order chi connectivity index (χ0) is 33.8. The highest BCUT2D eigenvalue weighted by molar-refractivity contribution is 6.19. The quantitative estimate of drug-likeness (QED) is 0.161. The van der Waals surface area contributed by atoms with E-state index in [0.29, 0.717) is 0 Å². The van der Waals surface area contributed by atoms with Gasteiger partial charge in [-0.05, 0) is 81.0 Å². The van der Waals surface area contributed by atoms with Gasteiger partial charge in [-0.1, -0.05) is 121 Å². The standard InChI is InChI=1S/C47H39N3/c1-31-23-27-36(28-24-31)49-44-21-9-7-15-38(44)40-17-11-19-42(46(40)49)43-20-12-18-41-39-16-8-10-22-45(39)50(47(41)43)37-29-25-35(26-30-37)33(3)48-32(2)34-13-5-4-6-14-34/h5,7-23,25-27,29-30H,3-4,6,24,28H2,1-2H3. The fraction of sp³-hybridized carbons (Fsp3) is 0.128. The molecule has 2 heterocycles. The molecule has 9 rings (SSSR count). The first-order valence-corrected chi connectivity index (χ1v) is 17.7. The van der Waals surface area contributed by atoms with Crippen LogP contribution in [0.4, 0.5) is 0 Å². The molecule has 0 unspecified atom stereocenters. The summed E-state index contributed by atoms with van der Waals surface area (Å²) in [7, 11) is 0. The van der Waals surface area contributed by atoms with Crippen molar-refractivity contribution in [2.24, 2.45) is 4.99 Å². The molecular weight excluding hydrogens is 607 g/mol. The van der Waals surface area contributed by atoms with E-state index in [9.17, 15) is 0 Å². The lowest BCUT2D eigenvalue weighted by atomic mass is 9.98. The summed E-state index contributed by atoms with van der Waals surface area (Å²) < 4.78 is 4.97. The van der Waals surface area contributed by atoms with Gasteiger partial charge in [-0.25, -0.2) is 0 Å². The molecule has 50 heavy (non-hydrogen) atoms. The van der Waals surface area contributed by atoms with Crippen LogP contribution in [-0.2, 0) is 0 Å². The molecule has 3 heteroatoms. The molecule has 0 aliphatic heterocycles. The Balaban J connectivity index is 1.25. The minimum absolute atomic E-state index is 0.776. The number of rotatable bonds is 6. The number of aromatic nitrogens is 2. The Morgan fingerprint density at radius 1 is 0.640 bits per heavy atom. The summed E-state index contributed by atoms with van der Waals surface area (Å²) in [6.07, 6.45) is 15.5. The van der Waals surface area contributed by atoms with Crippen molar-refractivity contribution in [1.82, 2.24) is 9.13 Å². The van der Waals surface area contributed by atoms with Crippen LogP contribution >= 0.6 is 0 Å². The van der Waals surface area contributed by atoms with E-state index in [4.69, 9.17) is 4.99 Å². The largest absolute Gasteiger partial charge is 0.312 e. The summed E-state index contributed by atoms with van der Waals surface area (Å²) >= 11 is 0. The molecule has 3 nitrogen and oxygen atoms in total. The Morgan fingerprint density at radius 3 is 1.88 bits per heavy atom. The molecule has 0 amide bonds. The smallest absolute Gasteiger partial charge is 0.0633 e. The summed E-state index contributed by atoms with van der Waals surface area (Å²) in [5.41, 5.74) is 15.3. The maximum atomic E-state index is 4.90. The molecule has 0 saturated heterocycles. The molecule has 0 bridgehead atoms. The van der Waals surface area contributed by atoms with Crippen molar-refractivity contribution in [2.75, 3.05) is 0 Å². The van der Waals surface area contributed by atoms with Gasteiger partial charge in [0.1, 0.15) is 0 Å². The van der Waals surface area contributed by atoms with Gasteiger partial charge in [-0.15, -0.1) is 0 Å². The van der Waals surface area contributed by atoms with Crippen molar-refractivity contribution in [1.29, 1.82) is 0 Å². The molecule has 0 N–H and O–H groups in total. The van der Waals surface area contributed by atoms with Gasteiger partial charge in [0.05, 0.1) is 27.8 Å². The van der Waals surface area contributed by atoms with Gasteiger partial charge in [-0.2, -0.15) is 0 Å². The first-order chi connectivity index (χ1) is 24.6. The highest BCUT2D eigenvalue weighted by Crippen LogP contribution is 2.44. The molecule has 2 aromatic heterocycles. The van der Waals surface area contributed by atoms with Crippen molar-refractivity contribution in [2.45, 2.75) is 39.5 Å². The molecule has 7 aromatic rings. The lowest BCUT2D eigenvalue weighted by Crippen LogP contribution is -2.02. The molecule has 0 radical (unpaired) electrons. The van der Waals surface area contributed by atoms with Gasteiger partial charge in [0.25, 0.3) is 0 Å². The Kier molecular flexibility index (Phi) is 7.35.